The Balaban J connectivity index is 1.99. The summed E-state index contributed by atoms with van der Waals surface area (Å²) in [4.78, 5) is 0. The molecule has 3 rings (SSSR count). The highest BCUT2D eigenvalue weighted by Crippen LogP contribution is 2.23. The lowest BCUT2D eigenvalue weighted by atomic mass is 10.1. The normalized spacial score (nSPS) is 10.8. The number of rotatable bonds is 4. The van der Waals surface area contributed by atoms with Crippen LogP contribution in [0.2, 0.25) is 0 Å². The van der Waals surface area contributed by atoms with Gasteiger partial charge in [0.25, 0.3) is 0 Å². The predicted octanol–water partition coefficient (Wildman–Crippen LogP) is 2.79. The molecule has 1 heterocycles. The highest BCUT2D eigenvalue weighted by molar-refractivity contribution is 5.61. The van der Waals surface area contributed by atoms with Gasteiger partial charge < -0.3 is 5.11 Å². The monoisotopic (exact) mass is 279 g/mol. The summed E-state index contributed by atoms with van der Waals surface area (Å²) < 4.78 is 1.84. The summed E-state index contributed by atoms with van der Waals surface area (Å²) >= 11 is 0. The molecule has 0 radical (unpaired) electrons. The summed E-state index contributed by atoms with van der Waals surface area (Å²) in [6, 6.07) is 18.3. The second kappa shape index (κ2) is 5.89. The van der Waals surface area contributed by atoms with Crippen molar-refractivity contribution in [3.63, 3.8) is 0 Å². The molecule has 0 aliphatic heterocycles. The van der Waals surface area contributed by atoms with Gasteiger partial charge in [0.1, 0.15) is 5.69 Å². The zero-order valence-corrected chi connectivity index (χ0v) is 11.9. The fourth-order valence-electron chi connectivity index (χ4n) is 2.34. The van der Waals surface area contributed by atoms with Crippen LogP contribution in [0.15, 0.2) is 54.6 Å². The van der Waals surface area contributed by atoms with Crippen molar-refractivity contribution in [2.24, 2.45) is 0 Å². The number of benzene rings is 2. The molecule has 21 heavy (non-hydrogen) atoms. The van der Waals surface area contributed by atoms with Crippen LogP contribution in [0.3, 0.4) is 0 Å². The Hall–Kier alpha value is -2.46. The Kier molecular flexibility index (Phi) is 3.79. The number of aliphatic hydroxyl groups is 1. The number of aryl methyl sites for hydroxylation is 1. The molecule has 0 fully saturated rings. The first kappa shape index (κ1) is 13.5. The first-order chi connectivity index (χ1) is 10.3. The highest BCUT2D eigenvalue weighted by atomic mass is 16.3. The Morgan fingerprint density at radius 3 is 2.38 bits per heavy atom. The smallest absolute Gasteiger partial charge is 0.116 e. The van der Waals surface area contributed by atoms with Crippen LogP contribution in [0.5, 0.6) is 0 Å². The second-order valence-electron chi connectivity index (χ2n) is 5.05. The van der Waals surface area contributed by atoms with E-state index in [0.29, 0.717) is 12.2 Å². The zero-order chi connectivity index (χ0) is 14.7. The molecule has 106 valence electrons. The standard InChI is InChI=1S/C17H17N3O/c1-13-7-9-14(10-8-13)11-20-17(16(12-21)18-19-20)15-5-3-2-4-6-15/h2-10,21H,11-12H2,1H3. The van der Waals surface area contributed by atoms with E-state index < -0.39 is 0 Å². The molecule has 0 saturated heterocycles. The van der Waals surface area contributed by atoms with E-state index in [0.717, 1.165) is 16.8 Å². The van der Waals surface area contributed by atoms with Gasteiger partial charge in [-0.2, -0.15) is 0 Å². The zero-order valence-electron chi connectivity index (χ0n) is 11.9. The van der Waals surface area contributed by atoms with E-state index in [1.807, 2.05) is 35.0 Å². The van der Waals surface area contributed by atoms with Gasteiger partial charge in [-0.3, -0.25) is 0 Å². The lowest BCUT2D eigenvalue weighted by Crippen LogP contribution is -2.04. The van der Waals surface area contributed by atoms with Gasteiger partial charge in [0.05, 0.1) is 18.8 Å². The lowest BCUT2D eigenvalue weighted by Gasteiger charge is -2.08. The molecule has 1 aromatic heterocycles. The van der Waals surface area contributed by atoms with E-state index in [4.69, 9.17) is 0 Å². The van der Waals surface area contributed by atoms with Gasteiger partial charge >= 0.3 is 0 Å². The third kappa shape index (κ3) is 2.85. The van der Waals surface area contributed by atoms with Crippen LogP contribution in [-0.4, -0.2) is 20.1 Å². The quantitative estimate of drug-likeness (QED) is 0.799. The summed E-state index contributed by atoms with van der Waals surface area (Å²) in [5, 5.41) is 17.8. The van der Waals surface area contributed by atoms with Crippen LogP contribution < -0.4 is 0 Å². The first-order valence-corrected chi connectivity index (χ1v) is 6.92. The maximum absolute atomic E-state index is 9.48. The van der Waals surface area contributed by atoms with Crippen LogP contribution in [0.4, 0.5) is 0 Å². The molecular weight excluding hydrogens is 262 g/mol. The van der Waals surface area contributed by atoms with Gasteiger partial charge in [0.15, 0.2) is 0 Å². The van der Waals surface area contributed by atoms with Gasteiger partial charge in [-0.15, -0.1) is 5.10 Å². The number of aromatic nitrogens is 3. The van der Waals surface area contributed by atoms with Crippen molar-refractivity contribution in [3.8, 4) is 11.3 Å². The van der Waals surface area contributed by atoms with Gasteiger partial charge in [0.2, 0.25) is 0 Å². The molecule has 0 saturated carbocycles. The van der Waals surface area contributed by atoms with Crippen molar-refractivity contribution in [2.45, 2.75) is 20.1 Å². The van der Waals surface area contributed by atoms with E-state index in [2.05, 4.69) is 41.5 Å². The second-order valence-corrected chi connectivity index (χ2v) is 5.05. The van der Waals surface area contributed by atoms with Crippen LogP contribution in [-0.2, 0) is 13.2 Å². The molecule has 4 heteroatoms. The van der Waals surface area contributed by atoms with E-state index in [-0.39, 0.29) is 6.61 Å². The van der Waals surface area contributed by atoms with Crippen molar-refractivity contribution >= 4 is 0 Å². The molecule has 4 nitrogen and oxygen atoms in total. The number of nitrogens with zero attached hydrogens (tertiary/aromatic N) is 3. The Morgan fingerprint density at radius 1 is 1.00 bits per heavy atom. The van der Waals surface area contributed by atoms with Crippen molar-refractivity contribution in [2.75, 3.05) is 0 Å². The van der Waals surface area contributed by atoms with Crippen molar-refractivity contribution in [1.29, 1.82) is 0 Å². The predicted molar refractivity (Wildman–Crippen MR) is 81.7 cm³/mol. The van der Waals surface area contributed by atoms with Gasteiger partial charge in [0, 0.05) is 5.56 Å². The minimum atomic E-state index is -0.113. The molecule has 2 aromatic carbocycles. The van der Waals surface area contributed by atoms with Gasteiger partial charge in [-0.25, -0.2) is 4.68 Å². The highest BCUT2D eigenvalue weighted by Gasteiger charge is 2.14. The summed E-state index contributed by atoms with van der Waals surface area (Å²) in [6.45, 7) is 2.59. The van der Waals surface area contributed by atoms with Crippen LogP contribution in [0.1, 0.15) is 16.8 Å². The average molecular weight is 279 g/mol. The van der Waals surface area contributed by atoms with E-state index in [1.165, 1.54) is 5.56 Å². The Bertz CT molecular complexity index is 718. The van der Waals surface area contributed by atoms with E-state index in [9.17, 15) is 5.11 Å². The maximum Gasteiger partial charge on any atom is 0.116 e. The minimum Gasteiger partial charge on any atom is -0.390 e. The fourth-order valence-corrected chi connectivity index (χ4v) is 2.34. The van der Waals surface area contributed by atoms with Gasteiger partial charge in [-0.05, 0) is 12.5 Å². The Morgan fingerprint density at radius 2 is 1.71 bits per heavy atom. The van der Waals surface area contributed by atoms with Crippen molar-refractivity contribution in [3.05, 3.63) is 71.4 Å². The first-order valence-electron chi connectivity index (χ1n) is 6.92. The average Bonchev–Trinajstić information content (AvgIpc) is 2.93. The topological polar surface area (TPSA) is 50.9 Å². The molecule has 3 aromatic rings. The van der Waals surface area contributed by atoms with Crippen LogP contribution in [0.25, 0.3) is 11.3 Å². The largest absolute Gasteiger partial charge is 0.390 e. The van der Waals surface area contributed by atoms with Crippen molar-refractivity contribution < 1.29 is 5.11 Å². The summed E-state index contributed by atoms with van der Waals surface area (Å²) in [7, 11) is 0. The van der Waals surface area contributed by atoms with Gasteiger partial charge in [-0.1, -0.05) is 65.4 Å². The molecular formula is C17H17N3O. The van der Waals surface area contributed by atoms with Crippen molar-refractivity contribution in [1.82, 2.24) is 15.0 Å². The van der Waals surface area contributed by atoms with E-state index in [1.54, 1.807) is 0 Å². The fraction of sp³-hybridized carbons (Fsp3) is 0.176. The number of hydrogen-bond donors (Lipinski definition) is 1. The van der Waals surface area contributed by atoms with Crippen LogP contribution >= 0.6 is 0 Å². The SMILES string of the molecule is Cc1ccc(Cn2nnc(CO)c2-c2ccccc2)cc1. The maximum atomic E-state index is 9.48. The van der Waals surface area contributed by atoms with E-state index >= 15 is 0 Å². The molecule has 0 aliphatic carbocycles. The third-order valence-electron chi connectivity index (χ3n) is 3.45. The molecule has 0 unspecified atom stereocenters. The molecule has 0 bridgehead atoms. The summed E-state index contributed by atoms with van der Waals surface area (Å²) in [6.07, 6.45) is 0. The van der Waals surface area contributed by atoms with Crippen LogP contribution in [0, 0.1) is 6.92 Å². The molecule has 0 spiro atoms. The Labute approximate surface area is 123 Å². The molecule has 1 N–H and O–H groups in total. The minimum absolute atomic E-state index is 0.113. The molecule has 0 aliphatic rings. The third-order valence-corrected chi connectivity index (χ3v) is 3.45. The summed E-state index contributed by atoms with van der Waals surface area (Å²) in [5.41, 5.74) is 4.88. The number of aliphatic hydroxyl groups excluding tert-OH is 1. The summed E-state index contributed by atoms with van der Waals surface area (Å²) in [5.74, 6) is 0. The number of hydrogen-bond acceptors (Lipinski definition) is 3. The molecule has 0 atom stereocenters. The lowest BCUT2D eigenvalue weighted by molar-refractivity contribution is 0.277. The molecule has 0 amide bonds.